The van der Waals surface area contributed by atoms with Gasteiger partial charge in [0.1, 0.15) is 5.69 Å². The number of urea groups is 1. The number of piperidine rings is 1. The summed E-state index contributed by atoms with van der Waals surface area (Å²) in [5.41, 5.74) is 2.31. The lowest BCUT2D eigenvalue weighted by Gasteiger charge is -2.31. The Bertz CT molecular complexity index is 890. The van der Waals surface area contributed by atoms with Crippen molar-refractivity contribution in [2.75, 3.05) is 25.0 Å². The fourth-order valence-corrected chi connectivity index (χ4v) is 3.40. The number of likely N-dealkylation sites (tertiary alicyclic amines) is 1. The van der Waals surface area contributed by atoms with Crippen molar-refractivity contribution >= 4 is 17.8 Å². The largest absolute Gasteiger partial charge is 0.450 e. The van der Waals surface area contributed by atoms with Crippen molar-refractivity contribution in [3.8, 4) is 5.69 Å². The van der Waals surface area contributed by atoms with Crippen LogP contribution in [0.5, 0.6) is 0 Å². The lowest BCUT2D eigenvalue weighted by Crippen LogP contribution is -2.47. The Labute approximate surface area is 169 Å². The molecule has 3 amide bonds. The molecule has 1 aliphatic rings. The maximum atomic E-state index is 14.5. The van der Waals surface area contributed by atoms with Gasteiger partial charge in [0, 0.05) is 30.5 Å². The van der Waals surface area contributed by atoms with E-state index in [-0.39, 0.29) is 12.1 Å². The van der Waals surface area contributed by atoms with Crippen LogP contribution in [0.1, 0.15) is 31.2 Å². The van der Waals surface area contributed by atoms with E-state index in [2.05, 4.69) is 15.7 Å². The van der Waals surface area contributed by atoms with Gasteiger partial charge in [-0.1, -0.05) is 0 Å². The van der Waals surface area contributed by atoms with Gasteiger partial charge in [-0.15, -0.1) is 0 Å². The minimum Gasteiger partial charge on any atom is -0.450 e. The first-order valence-electron chi connectivity index (χ1n) is 9.69. The Morgan fingerprint density at radius 1 is 1.24 bits per heavy atom. The second-order valence-electron chi connectivity index (χ2n) is 7.06. The maximum absolute atomic E-state index is 14.5. The molecule has 8 nitrogen and oxygen atoms in total. The molecule has 1 fully saturated rings. The van der Waals surface area contributed by atoms with Crippen LogP contribution in [0.3, 0.4) is 0 Å². The van der Waals surface area contributed by atoms with Gasteiger partial charge in [0.05, 0.1) is 12.3 Å². The van der Waals surface area contributed by atoms with Crippen molar-refractivity contribution in [1.29, 1.82) is 0 Å². The van der Waals surface area contributed by atoms with Crippen LogP contribution in [0.25, 0.3) is 5.69 Å². The number of benzene rings is 1. The summed E-state index contributed by atoms with van der Waals surface area (Å²) in [5, 5.41) is 9.81. The number of halogens is 1. The van der Waals surface area contributed by atoms with Crippen LogP contribution in [0.15, 0.2) is 24.3 Å². The summed E-state index contributed by atoms with van der Waals surface area (Å²) in [6, 6.07) is 5.90. The number of aryl methyl sites for hydroxylation is 2. The fraction of sp³-hybridized carbons (Fsp3) is 0.450. The number of hydrogen-bond acceptors (Lipinski definition) is 4. The number of nitrogens with zero attached hydrogens (tertiary/aromatic N) is 3. The Morgan fingerprint density at radius 3 is 2.55 bits per heavy atom. The molecule has 0 radical (unpaired) electrons. The molecule has 2 heterocycles. The van der Waals surface area contributed by atoms with E-state index in [1.165, 1.54) is 10.7 Å². The van der Waals surface area contributed by atoms with E-state index >= 15 is 0 Å². The van der Waals surface area contributed by atoms with E-state index in [1.807, 2.05) is 19.9 Å². The molecule has 2 aromatic rings. The van der Waals surface area contributed by atoms with E-state index in [4.69, 9.17) is 4.74 Å². The van der Waals surface area contributed by atoms with Gasteiger partial charge in [-0.3, -0.25) is 0 Å². The zero-order chi connectivity index (χ0) is 21.0. The van der Waals surface area contributed by atoms with Gasteiger partial charge in [0.2, 0.25) is 0 Å². The number of hydrogen-bond donors (Lipinski definition) is 2. The average Bonchev–Trinajstić information content (AvgIpc) is 3.00. The number of rotatable bonds is 4. The monoisotopic (exact) mass is 403 g/mol. The second kappa shape index (κ2) is 8.93. The Morgan fingerprint density at radius 2 is 1.97 bits per heavy atom. The predicted molar refractivity (Wildman–Crippen MR) is 107 cm³/mol. The van der Waals surface area contributed by atoms with Gasteiger partial charge in [-0.2, -0.15) is 5.10 Å². The highest BCUT2D eigenvalue weighted by molar-refractivity contribution is 5.89. The van der Waals surface area contributed by atoms with Crippen molar-refractivity contribution < 1.29 is 18.7 Å². The Balaban J connectivity index is 1.54. The van der Waals surface area contributed by atoms with Crippen LogP contribution in [0, 0.1) is 19.7 Å². The molecule has 2 N–H and O–H groups in total. The van der Waals surface area contributed by atoms with Crippen molar-refractivity contribution in [1.82, 2.24) is 20.0 Å². The first-order valence-corrected chi connectivity index (χ1v) is 9.69. The summed E-state index contributed by atoms with van der Waals surface area (Å²) in [6.07, 6.45) is 0.947. The number of amides is 3. The van der Waals surface area contributed by atoms with Crippen LogP contribution in [-0.2, 0) is 4.74 Å². The number of carbonyl (C=O) groups excluding carboxylic acids is 2. The molecule has 0 saturated carbocycles. The van der Waals surface area contributed by atoms with Gasteiger partial charge < -0.3 is 20.3 Å². The molecule has 1 aromatic carbocycles. The molecule has 0 aliphatic carbocycles. The summed E-state index contributed by atoms with van der Waals surface area (Å²) in [5.74, 6) is -0.475. The molecule has 9 heteroatoms. The molecular formula is C20H26FN5O3. The lowest BCUT2D eigenvalue weighted by molar-refractivity contribution is 0.0959. The van der Waals surface area contributed by atoms with Crippen LogP contribution in [0.4, 0.5) is 19.7 Å². The first-order chi connectivity index (χ1) is 13.9. The minimum atomic E-state index is -0.475. The summed E-state index contributed by atoms with van der Waals surface area (Å²) < 4.78 is 21.1. The third kappa shape index (κ3) is 5.04. The first kappa shape index (κ1) is 20.6. The van der Waals surface area contributed by atoms with Crippen molar-refractivity contribution in [2.24, 2.45) is 0 Å². The second-order valence-corrected chi connectivity index (χ2v) is 7.06. The Kier molecular flexibility index (Phi) is 6.36. The van der Waals surface area contributed by atoms with Gasteiger partial charge in [0.15, 0.2) is 5.82 Å². The molecule has 1 aliphatic heterocycles. The summed E-state index contributed by atoms with van der Waals surface area (Å²) in [7, 11) is 0. The van der Waals surface area contributed by atoms with Crippen molar-refractivity contribution in [2.45, 2.75) is 39.7 Å². The molecular weight excluding hydrogens is 377 g/mol. The highest BCUT2D eigenvalue weighted by atomic mass is 19.1. The standard InChI is InChI=1S/C20H26FN5O3/c1-4-29-20(28)25-9-7-15(8-10-25)22-19(27)23-16-5-6-18(17(21)12-16)26-14(3)11-13(2)24-26/h5-6,11-12,15H,4,7-10H2,1-3H3,(H2,22,23,27). The third-order valence-corrected chi connectivity index (χ3v) is 4.80. The molecule has 3 rings (SSSR count). The van der Waals surface area contributed by atoms with Crippen LogP contribution in [0.2, 0.25) is 0 Å². The number of carbonyl (C=O) groups is 2. The average molecular weight is 403 g/mol. The van der Waals surface area contributed by atoms with Crippen LogP contribution in [-0.4, -0.2) is 52.5 Å². The van der Waals surface area contributed by atoms with Crippen molar-refractivity contribution in [3.63, 3.8) is 0 Å². The van der Waals surface area contributed by atoms with Gasteiger partial charge >= 0.3 is 12.1 Å². The van der Waals surface area contributed by atoms with Crippen molar-refractivity contribution in [3.05, 3.63) is 41.5 Å². The highest BCUT2D eigenvalue weighted by Crippen LogP contribution is 2.20. The zero-order valence-electron chi connectivity index (χ0n) is 16.9. The van der Waals surface area contributed by atoms with Crippen LogP contribution >= 0.6 is 0 Å². The fourth-order valence-electron chi connectivity index (χ4n) is 3.40. The molecule has 1 aromatic heterocycles. The molecule has 156 valence electrons. The molecule has 29 heavy (non-hydrogen) atoms. The Hall–Kier alpha value is -3.10. The van der Waals surface area contributed by atoms with Gasteiger partial charge in [0.25, 0.3) is 0 Å². The van der Waals surface area contributed by atoms with E-state index in [0.29, 0.717) is 43.9 Å². The van der Waals surface area contributed by atoms with E-state index < -0.39 is 11.8 Å². The van der Waals surface area contributed by atoms with Crippen LogP contribution < -0.4 is 10.6 Å². The highest BCUT2D eigenvalue weighted by Gasteiger charge is 2.24. The summed E-state index contributed by atoms with van der Waals surface area (Å²) in [4.78, 5) is 25.6. The number of aromatic nitrogens is 2. The molecule has 0 atom stereocenters. The number of anilines is 1. The minimum absolute atomic E-state index is 0.0560. The quantitative estimate of drug-likeness (QED) is 0.819. The zero-order valence-corrected chi connectivity index (χ0v) is 16.9. The van der Waals surface area contributed by atoms with E-state index in [1.54, 1.807) is 24.0 Å². The maximum Gasteiger partial charge on any atom is 0.409 e. The smallest absolute Gasteiger partial charge is 0.409 e. The number of nitrogens with one attached hydrogen (secondary N) is 2. The summed E-state index contributed by atoms with van der Waals surface area (Å²) in [6.45, 7) is 6.86. The molecule has 1 saturated heterocycles. The molecule has 0 spiro atoms. The topological polar surface area (TPSA) is 88.5 Å². The normalized spacial score (nSPS) is 14.6. The van der Waals surface area contributed by atoms with E-state index in [9.17, 15) is 14.0 Å². The lowest BCUT2D eigenvalue weighted by atomic mass is 10.1. The molecule has 0 bridgehead atoms. The third-order valence-electron chi connectivity index (χ3n) is 4.80. The summed E-state index contributed by atoms with van der Waals surface area (Å²) >= 11 is 0. The van der Waals surface area contributed by atoms with E-state index in [0.717, 1.165) is 11.4 Å². The predicted octanol–water partition coefficient (Wildman–Crippen LogP) is 3.37. The molecule has 0 unspecified atom stereocenters. The number of ether oxygens (including phenoxy) is 1. The van der Waals surface area contributed by atoms with Gasteiger partial charge in [-0.25, -0.2) is 18.7 Å². The SMILES string of the molecule is CCOC(=O)N1CCC(NC(=O)Nc2ccc(-n3nc(C)cc3C)c(F)c2)CC1. The van der Waals surface area contributed by atoms with Gasteiger partial charge in [-0.05, 0) is 57.9 Å².